The molecule has 104 valence electrons. The maximum absolute atomic E-state index is 3.42. The zero-order valence-electron chi connectivity index (χ0n) is 12.5. The van der Waals surface area contributed by atoms with Crippen molar-refractivity contribution in [1.29, 1.82) is 0 Å². The van der Waals surface area contributed by atoms with Gasteiger partial charge in [0.15, 0.2) is 0 Å². The lowest BCUT2D eigenvalue weighted by Gasteiger charge is -2.27. The molecule has 2 heterocycles. The van der Waals surface area contributed by atoms with E-state index in [2.05, 4.69) is 49.2 Å². The fraction of sp³-hybridized carbons (Fsp3) is 0.647. The molecule has 19 heavy (non-hydrogen) atoms. The van der Waals surface area contributed by atoms with Crippen molar-refractivity contribution in [2.75, 3.05) is 13.1 Å². The van der Waals surface area contributed by atoms with Crippen molar-refractivity contribution in [2.24, 2.45) is 11.3 Å². The molecule has 2 heteroatoms. The van der Waals surface area contributed by atoms with E-state index in [9.17, 15) is 0 Å². The summed E-state index contributed by atoms with van der Waals surface area (Å²) in [6.07, 6.45) is 1.36. The van der Waals surface area contributed by atoms with Gasteiger partial charge in [0.2, 0.25) is 0 Å². The molecule has 0 aliphatic carbocycles. The van der Waals surface area contributed by atoms with Gasteiger partial charge in [-0.25, -0.2) is 0 Å². The Morgan fingerprint density at radius 1 is 1.21 bits per heavy atom. The lowest BCUT2D eigenvalue weighted by Crippen LogP contribution is -2.25. The minimum absolute atomic E-state index is 0.455. The van der Waals surface area contributed by atoms with Crippen molar-refractivity contribution in [3.8, 4) is 0 Å². The number of hydrogen-bond donors (Lipinski definition) is 1. The highest BCUT2D eigenvalue weighted by atomic mass is 15.1. The molecular weight excluding hydrogens is 232 g/mol. The summed E-state index contributed by atoms with van der Waals surface area (Å²) in [5.74, 6) is 0.851. The normalized spacial score (nSPS) is 23.8. The van der Waals surface area contributed by atoms with Gasteiger partial charge in [0.05, 0.1) is 0 Å². The van der Waals surface area contributed by atoms with Gasteiger partial charge in [0.25, 0.3) is 0 Å². The Kier molecular flexibility index (Phi) is 3.40. The van der Waals surface area contributed by atoms with Crippen LogP contribution in [0.15, 0.2) is 18.2 Å². The second-order valence-electron chi connectivity index (χ2n) is 7.29. The number of fused-ring (bicyclic) bond motifs is 1. The Balaban J connectivity index is 1.64. The Morgan fingerprint density at radius 2 is 2.00 bits per heavy atom. The molecule has 2 aliphatic rings. The SMILES string of the molecule is CC(C)(C)C1CCN(Cc2ccc3c(c2)CNC3)C1. The molecule has 2 aliphatic heterocycles. The second kappa shape index (κ2) is 4.92. The quantitative estimate of drug-likeness (QED) is 0.876. The molecule has 1 aromatic carbocycles. The van der Waals surface area contributed by atoms with Gasteiger partial charge in [0.1, 0.15) is 0 Å². The van der Waals surface area contributed by atoms with Crippen LogP contribution in [-0.4, -0.2) is 18.0 Å². The molecule has 0 bridgehead atoms. The third-order valence-electron chi connectivity index (χ3n) is 4.80. The van der Waals surface area contributed by atoms with E-state index >= 15 is 0 Å². The number of likely N-dealkylation sites (tertiary alicyclic amines) is 1. The van der Waals surface area contributed by atoms with E-state index in [1.165, 1.54) is 36.2 Å². The van der Waals surface area contributed by atoms with E-state index in [1.54, 1.807) is 0 Å². The van der Waals surface area contributed by atoms with Crippen molar-refractivity contribution in [3.05, 3.63) is 34.9 Å². The highest BCUT2D eigenvalue weighted by molar-refractivity contribution is 5.34. The summed E-state index contributed by atoms with van der Waals surface area (Å²) < 4.78 is 0. The van der Waals surface area contributed by atoms with Crippen LogP contribution >= 0.6 is 0 Å². The molecule has 3 rings (SSSR count). The highest BCUT2D eigenvalue weighted by Crippen LogP contribution is 2.34. The maximum Gasteiger partial charge on any atom is 0.0233 e. The highest BCUT2D eigenvalue weighted by Gasteiger charge is 2.31. The van der Waals surface area contributed by atoms with Crippen molar-refractivity contribution in [3.63, 3.8) is 0 Å². The molecule has 0 aromatic heterocycles. The summed E-state index contributed by atoms with van der Waals surface area (Å²) in [5, 5.41) is 3.42. The number of benzene rings is 1. The van der Waals surface area contributed by atoms with Crippen LogP contribution in [0, 0.1) is 11.3 Å². The Hall–Kier alpha value is -0.860. The topological polar surface area (TPSA) is 15.3 Å². The van der Waals surface area contributed by atoms with Crippen molar-refractivity contribution >= 4 is 0 Å². The van der Waals surface area contributed by atoms with Gasteiger partial charge in [-0.05, 0) is 41.0 Å². The molecule has 1 saturated heterocycles. The third-order valence-corrected chi connectivity index (χ3v) is 4.80. The van der Waals surface area contributed by atoms with Gasteiger partial charge in [-0.1, -0.05) is 39.0 Å². The molecule has 1 atom stereocenters. The molecule has 0 radical (unpaired) electrons. The van der Waals surface area contributed by atoms with Gasteiger partial charge >= 0.3 is 0 Å². The van der Waals surface area contributed by atoms with E-state index in [0.717, 1.165) is 25.6 Å². The first-order valence-electron chi connectivity index (χ1n) is 7.56. The van der Waals surface area contributed by atoms with Crippen LogP contribution in [0.4, 0.5) is 0 Å². The summed E-state index contributed by atoms with van der Waals surface area (Å²) in [4.78, 5) is 2.63. The van der Waals surface area contributed by atoms with E-state index in [1.807, 2.05) is 0 Å². The number of rotatable bonds is 2. The van der Waals surface area contributed by atoms with Gasteiger partial charge in [-0.3, -0.25) is 4.90 Å². The van der Waals surface area contributed by atoms with Gasteiger partial charge in [0, 0.05) is 26.2 Å². The van der Waals surface area contributed by atoms with Crippen molar-refractivity contribution in [2.45, 2.75) is 46.8 Å². The Labute approximate surface area is 117 Å². The summed E-state index contributed by atoms with van der Waals surface area (Å²) in [7, 11) is 0. The lowest BCUT2D eigenvalue weighted by atomic mass is 9.80. The van der Waals surface area contributed by atoms with E-state index in [-0.39, 0.29) is 0 Å². The third kappa shape index (κ3) is 2.85. The summed E-state index contributed by atoms with van der Waals surface area (Å²) in [6, 6.07) is 7.03. The van der Waals surface area contributed by atoms with E-state index in [4.69, 9.17) is 0 Å². The molecule has 2 nitrogen and oxygen atoms in total. The first-order valence-corrected chi connectivity index (χ1v) is 7.56. The number of nitrogens with one attached hydrogen (secondary N) is 1. The fourth-order valence-corrected chi connectivity index (χ4v) is 3.39. The minimum Gasteiger partial charge on any atom is -0.309 e. The summed E-state index contributed by atoms with van der Waals surface area (Å²) in [5.41, 5.74) is 4.93. The molecular formula is C17H26N2. The average molecular weight is 258 g/mol. The van der Waals surface area contributed by atoms with Crippen LogP contribution in [0.3, 0.4) is 0 Å². The molecule has 1 aromatic rings. The fourth-order valence-electron chi connectivity index (χ4n) is 3.39. The van der Waals surface area contributed by atoms with Crippen LogP contribution < -0.4 is 5.32 Å². The summed E-state index contributed by atoms with van der Waals surface area (Å²) in [6.45, 7) is 12.9. The molecule has 1 unspecified atom stereocenters. The van der Waals surface area contributed by atoms with Crippen molar-refractivity contribution in [1.82, 2.24) is 10.2 Å². The number of nitrogens with zero attached hydrogens (tertiary/aromatic N) is 1. The molecule has 1 fully saturated rings. The first kappa shape index (κ1) is 13.1. The second-order valence-corrected chi connectivity index (χ2v) is 7.29. The van der Waals surface area contributed by atoms with Gasteiger partial charge in [-0.15, -0.1) is 0 Å². The largest absolute Gasteiger partial charge is 0.309 e. The van der Waals surface area contributed by atoms with Gasteiger partial charge < -0.3 is 5.32 Å². The standard InChI is InChI=1S/C17H26N2/c1-17(2,3)16-6-7-19(12-16)11-13-4-5-14-9-18-10-15(14)8-13/h4-5,8,16,18H,6-7,9-12H2,1-3H3. The Morgan fingerprint density at radius 3 is 2.74 bits per heavy atom. The molecule has 0 spiro atoms. The minimum atomic E-state index is 0.455. The lowest BCUT2D eigenvalue weighted by molar-refractivity contribution is 0.226. The molecule has 0 saturated carbocycles. The smallest absolute Gasteiger partial charge is 0.0233 e. The van der Waals surface area contributed by atoms with E-state index in [0.29, 0.717) is 5.41 Å². The zero-order valence-corrected chi connectivity index (χ0v) is 12.5. The first-order chi connectivity index (χ1) is 9.02. The predicted octanol–water partition coefficient (Wildman–Crippen LogP) is 3.16. The van der Waals surface area contributed by atoms with E-state index < -0.39 is 0 Å². The summed E-state index contributed by atoms with van der Waals surface area (Å²) >= 11 is 0. The molecule has 1 N–H and O–H groups in total. The molecule has 0 amide bonds. The maximum atomic E-state index is 3.42. The van der Waals surface area contributed by atoms with Crippen LogP contribution in [0.5, 0.6) is 0 Å². The monoisotopic (exact) mass is 258 g/mol. The van der Waals surface area contributed by atoms with Crippen LogP contribution in [-0.2, 0) is 19.6 Å². The van der Waals surface area contributed by atoms with Gasteiger partial charge in [-0.2, -0.15) is 0 Å². The van der Waals surface area contributed by atoms with Crippen molar-refractivity contribution < 1.29 is 0 Å². The van der Waals surface area contributed by atoms with Crippen LogP contribution in [0.1, 0.15) is 43.9 Å². The van der Waals surface area contributed by atoms with Crippen LogP contribution in [0.25, 0.3) is 0 Å². The predicted molar refractivity (Wildman–Crippen MR) is 79.8 cm³/mol. The zero-order chi connectivity index (χ0) is 13.5. The average Bonchev–Trinajstić information content (AvgIpc) is 2.95. The van der Waals surface area contributed by atoms with Crippen LogP contribution in [0.2, 0.25) is 0 Å². The number of hydrogen-bond acceptors (Lipinski definition) is 2. The Bertz CT molecular complexity index is 459.